The van der Waals surface area contributed by atoms with Crippen LogP contribution in [0.15, 0.2) is 34.8 Å². The van der Waals surface area contributed by atoms with Crippen molar-refractivity contribution in [1.29, 1.82) is 0 Å². The zero-order valence-electron chi connectivity index (χ0n) is 14.3. The number of nitrogens with zero attached hydrogens (tertiary/aromatic N) is 2. The number of hydrogen-bond donors (Lipinski definition) is 2. The van der Waals surface area contributed by atoms with Gasteiger partial charge in [-0.2, -0.15) is 0 Å². The molecule has 0 aromatic carbocycles. The molecule has 0 aliphatic heterocycles. The van der Waals surface area contributed by atoms with Gasteiger partial charge < -0.3 is 10.6 Å². The molecule has 0 saturated heterocycles. The Morgan fingerprint density at radius 2 is 2.13 bits per heavy atom. The second-order valence-corrected chi connectivity index (χ2v) is 5.75. The smallest absolute Gasteiger partial charge is 0.191 e. The van der Waals surface area contributed by atoms with E-state index in [9.17, 15) is 0 Å². The summed E-state index contributed by atoms with van der Waals surface area (Å²) in [6, 6.07) is 6.06. The van der Waals surface area contributed by atoms with Crippen molar-refractivity contribution in [2.45, 2.75) is 52.5 Å². The molecule has 1 aliphatic rings. The highest BCUT2D eigenvalue weighted by Gasteiger charge is 2.04. The summed E-state index contributed by atoms with van der Waals surface area (Å²) in [4.78, 5) is 9.11. The Balaban J connectivity index is 0.00000264. The van der Waals surface area contributed by atoms with Crippen molar-refractivity contribution in [3.05, 3.63) is 41.2 Å². The Bertz CT molecular complexity index is 526. The first-order valence-electron chi connectivity index (χ1n) is 8.40. The van der Waals surface area contributed by atoms with Gasteiger partial charge in [0, 0.05) is 18.8 Å². The summed E-state index contributed by atoms with van der Waals surface area (Å²) in [7, 11) is 0. The van der Waals surface area contributed by atoms with E-state index in [4.69, 9.17) is 0 Å². The number of allylic oxidation sites excluding steroid dienone is 1. The van der Waals surface area contributed by atoms with Crippen LogP contribution in [-0.4, -0.2) is 24.0 Å². The third-order valence-corrected chi connectivity index (χ3v) is 3.81. The van der Waals surface area contributed by atoms with E-state index in [1.807, 2.05) is 25.1 Å². The summed E-state index contributed by atoms with van der Waals surface area (Å²) in [5.41, 5.74) is 3.64. The molecular formula is C18H29IN4. The van der Waals surface area contributed by atoms with Gasteiger partial charge in [-0.1, -0.05) is 17.7 Å². The van der Waals surface area contributed by atoms with Gasteiger partial charge in [0.05, 0.1) is 12.2 Å². The van der Waals surface area contributed by atoms with E-state index in [0.717, 1.165) is 36.9 Å². The predicted molar refractivity (Wildman–Crippen MR) is 108 cm³/mol. The van der Waals surface area contributed by atoms with Crippen molar-refractivity contribution >= 4 is 29.9 Å². The number of hydrogen-bond acceptors (Lipinski definition) is 2. The number of pyridine rings is 1. The Labute approximate surface area is 157 Å². The van der Waals surface area contributed by atoms with Gasteiger partial charge in [0.1, 0.15) is 0 Å². The van der Waals surface area contributed by atoms with Crippen molar-refractivity contribution in [3.63, 3.8) is 0 Å². The Morgan fingerprint density at radius 3 is 2.83 bits per heavy atom. The van der Waals surface area contributed by atoms with Crippen molar-refractivity contribution in [2.24, 2.45) is 4.99 Å². The predicted octanol–water partition coefficient (Wildman–Crippen LogP) is 3.95. The number of halogens is 1. The molecule has 128 valence electrons. The maximum atomic E-state index is 4.62. The molecular weight excluding hydrogens is 399 g/mol. The summed E-state index contributed by atoms with van der Waals surface area (Å²) in [5, 5.41) is 6.72. The van der Waals surface area contributed by atoms with Crippen molar-refractivity contribution < 1.29 is 0 Å². The topological polar surface area (TPSA) is 49.3 Å². The maximum Gasteiger partial charge on any atom is 0.191 e. The Hall–Kier alpha value is -1.11. The molecule has 0 bridgehead atoms. The fraction of sp³-hybridized carbons (Fsp3) is 0.556. The molecule has 5 heteroatoms. The summed E-state index contributed by atoms with van der Waals surface area (Å²) in [5.74, 6) is 0.877. The van der Waals surface area contributed by atoms with E-state index in [0.29, 0.717) is 6.54 Å². The number of aryl methyl sites for hydroxylation is 1. The molecule has 2 N–H and O–H groups in total. The van der Waals surface area contributed by atoms with E-state index in [1.165, 1.54) is 25.7 Å². The fourth-order valence-electron chi connectivity index (χ4n) is 2.66. The van der Waals surface area contributed by atoms with Gasteiger partial charge >= 0.3 is 0 Å². The molecule has 1 aromatic heterocycles. The van der Waals surface area contributed by atoms with Crippen LogP contribution in [-0.2, 0) is 6.54 Å². The van der Waals surface area contributed by atoms with E-state index in [1.54, 1.807) is 5.57 Å². The second kappa shape index (κ2) is 11.4. The lowest BCUT2D eigenvalue weighted by atomic mass is 9.97. The van der Waals surface area contributed by atoms with Crippen LogP contribution in [0.2, 0.25) is 0 Å². The first kappa shape index (κ1) is 19.9. The molecule has 0 radical (unpaired) electrons. The molecule has 0 atom stereocenters. The van der Waals surface area contributed by atoms with Gasteiger partial charge in [0.15, 0.2) is 5.96 Å². The van der Waals surface area contributed by atoms with Gasteiger partial charge in [-0.05, 0) is 58.1 Å². The SMILES string of the molecule is CCNC(=NCc1cccc(C)n1)NCCC1=CCCCC1.I. The van der Waals surface area contributed by atoms with E-state index in [-0.39, 0.29) is 24.0 Å². The van der Waals surface area contributed by atoms with Crippen LogP contribution in [0.5, 0.6) is 0 Å². The molecule has 0 fully saturated rings. The summed E-state index contributed by atoms with van der Waals surface area (Å²) in [6.45, 7) is 6.52. The lowest BCUT2D eigenvalue weighted by molar-refractivity contribution is 0.665. The zero-order valence-corrected chi connectivity index (χ0v) is 16.6. The number of guanidine groups is 1. The molecule has 2 rings (SSSR count). The van der Waals surface area contributed by atoms with Gasteiger partial charge in [0.25, 0.3) is 0 Å². The summed E-state index contributed by atoms with van der Waals surface area (Å²) >= 11 is 0. The van der Waals surface area contributed by atoms with Crippen LogP contribution in [0.25, 0.3) is 0 Å². The van der Waals surface area contributed by atoms with Crippen LogP contribution in [0.3, 0.4) is 0 Å². The molecule has 1 aliphatic carbocycles. The monoisotopic (exact) mass is 428 g/mol. The number of nitrogens with one attached hydrogen (secondary N) is 2. The highest BCUT2D eigenvalue weighted by Crippen LogP contribution is 2.19. The fourth-order valence-corrected chi connectivity index (χ4v) is 2.66. The van der Waals surface area contributed by atoms with Gasteiger partial charge in [-0.3, -0.25) is 4.98 Å². The van der Waals surface area contributed by atoms with Crippen LogP contribution < -0.4 is 10.6 Å². The van der Waals surface area contributed by atoms with Crippen molar-refractivity contribution in [1.82, 2.24) is 15.6 Å². The maximum absolute atomic E-state index is 4.62. The normalized spacial score (nSPS) is 14.7. The first-order chi connectivity index (χ1) is 10.8. The molecule has 23 heavy (non-hydrogen) atoms. The third-order valence-electron chi connectivity index (χ3n) is 3.81. The lowest BCUT2D eigenvalue weighted by Gasteiger charge is -2.15. The number of aliphatic imine (C=N–C) groups is 1. The Kier molecular flexibility index (Phi) is 9.91. The number of aromatic nitrogens is 1. The second-order valence-electron chi connectivity index (χ2n) is 5.75. The minimum Gasteiger partial charge on any atom is -0.357 e. The average Bonchev–Trinajstić information content (AvgIpc) is 2.54. The largest absolute Gasteiger partial charge is 0.357 e. The van der Waals surface area contributed by atoms with Crippen LogP contribution >= 0.6 is 24.0 Å². The molecule has 0 spiro atoms. The van der Waals surface area contributed by atoms with E-state index in [2.05, 4.69) is 33.6 Å². The molecule has 1 aromatic rings. The first-order valence-corrected chi connectivity index (χ1v) is 8.40. The van der Waals surface area contributed by atoms with E-state index >= 15 is 0 Å². The quantitative estimate of drug-likeness (QED) is 0.312. The molecule has 4 nitrogen and oxygen atoms in total. The van der Waals surface area contributed by atoms with Crippen molar-refractivity contribution in [2.75, 3.05) is 13.1 Å². The average molecular weight is 428 g/mol. The molecule has 0 saturated carbocycles. The minimum atomic E-state index is 0. The van der Waals surface area contributed by atoms with Gasteiger partial charge in [0.2, 0.25) is 0 Å². The highest BCUT2D eigenvalue weighted by molar-refractivity contribution is 14.0. The lowest BCUT2D eigenvalue weighted by Crippen LogP contribution is -2.37. The standard InChI is InChI=1S/C18H28N4.HI/c1-3-19-18(20-13-12-16-9-5-4-6-10-16)21-14-17-11-7-8-15(2)22-17;/h7-9,11H,3-6,10,12-14H2,1-2H3,(H2,19,20,21);1H. The van der Waals surface area contributed by atoms with E-state index < -0.39 is 0 Å². The molecule has 1 heterocycles. The third kappa shape index (κ3) is 7.81. The van der Waals surface area contributed by atoms with Crippen LogP contribution in [0.4, 0.5) is 0 Å². The highest BCUT2D eigenvalue weighted by atomic mass is 127. The number of rotatable bonds is 6. The zero-order chi connectivity index (χ0) is 15.6. The minimum absolute atomic E-state index is 0. The summed E-state index contributed by atoms with van der Waals surface area (Å²) in [6.07, 6.45) is 8.74. The molecule has 0 unspecified atom stereocenters. The molecule has 0 amide bonds. The summed E-state index contributed by atoms with van der Waals surface area (Å²) < 4.78 is 0. The van der Waals surface area contributed by atoms with Crippen molar-refractivity contribution in [3.8, 4) is 0 Å². The van der Waals surface area contributed by atoms with Gasteiger partial charge in [-0.15, -0.1) is 24.0 Å². The van der Waals surface area contributed by atoms with Crippen LogP contribution in [0, 0.1) is 6.92 Å². The van der Waals surface area contributed by atoms with Crippen LogP contribution in [0.1, 0.15) is 50.4 Å². The Morgan fingerprint density at radius 1 is 1.26 bits per heavy atom. The van der Waals surface area contributed by atoms with Gasteiger partial charge in [-0.25, -0.2) is 4.99 Å².